The van der Waals surface area contributed by atoms with Crippen LogP contribution in [0, 0.1) is 0 Å². The van der Waals surface area contributed by atoms with Crippen molar-refractivity contribution in [2.75, 3.05) is 6.54 Å². The lowest BCUT2D eigenvalue weighted by molar-refractivity contribution is 0.0651. The summed E-state index contributed by atoms with van der Waals surface area (Å²) >= 11 is 0. The van der Waals surface area contributed by atoms with E-state index in [2.05, 4.69) is 12.1 Å². The van der Waals surface area contributed by atoms with Gasteiger partial charge in [-0.3, -0.25) is 4.79 Å². The molecule has 0 unspecified atom stereocenters. The van der Waals surface area contributed by atoms with Crippen molar-refractivity contribution in [3.63, 3.8) is 0 Å². The molecule has 0 N–H and O–H groups in total. The number of hydrogen-bond donors (Lipinski definition) is 0. The number of amides is 1. The summed E-state index contributed by atoms with van der Waals surface area (Å²) in [5.74, 6) is 0.484. The van der Waals surface area contributed by atoms with E-state index in [9.17, 15) is 4.79 Å². The summed E-state index contributed by atoms with van der Waals surface area (Å²) < 4.78 is 5.30. The summed E-state index contributed by atoms with van der Waals surface area (Å²) in [7, 11) is 0. The van der Waals surface area contributed by atoms with E-state index in [-0.39, 0.29) is 5.91 Å². The molecule has 1 aromatic heterocycles. The van der Waals surface area contributed by atoms with Gasteiger partial charge in [0.1, 0.15) is 0 Å². The molecule has 1 saturated carbocycles. The van der Waals surface area contributed by atoms with E-state index in [1.54, 1.807) is 18.4 Å². The van der Waals surface area contributed by atoms with Gasteiger partial charge in [-0.15, -0.1) is 0 Å². The zero-order valence-electron chi connectivity index (χ0n) is 12.2. The zero-order chi connectivity index (χ0) is 14.5. The molecular formula is C18H21NO2. The molecule has 1 aromatic carbocycles. The standard InChI is InChI=1S/C18H21NO2/c20-18(17-11-6-14-21-17)19(16-9-4-5-10-16)13-12-15-7-2-1-3-8-15/h1-3,6-8,11,14,16H,4-5,9-10,12-13H2. The Hall–Kier alpha value is -2.03. The second-order valence-electron chi connectivity index (χ2n) is 5.65. The van der Waals surface area contributed by atoms with Gasteiger partial charge in [-0.1, -0.05) is 43.2 Å². The fourth-order valence-electron chi connectivity index (χ4n) is 3.10. The molecule has 0 bridgehead atoms. The third-order valence-corrected chi connectivity index (χ3v) is 4.24. The predicted octanol–water partition coefficient (Wildman–Crippen LogP) is 3.91. The largest absolute Gasteiger partial charge is 0.459 e. The van der Waals surface area contributed by atoms with E-state index in [1.807, 2.05) is 23.1 Å². The monoisotopic (exact) mass is 283 g/mol. The Balaban J connectivity index is 1.71. The Morgan fingerprint density at radius 1 is 1.10 bits per heavy atom. The first-order valence-corrected chi connectivity index (χ1v) is 7.73. The Kier molecular flexibility index (Phi) is 4.39. The summed E-state index contributed by atoms with van der Waals surface area (Å²) in [6.07, 6.45) is 7.12. The third kappa shape index (κ3) is 3.35. The normalized spacial score (nSPS) is 15.2. The van der Waals surface area contributed by atoms with Gasteiger partial charge in [0.05, 0.1) is 6.26 Å². The molecule has 0 spiro atoms. The van der Waals surface area contributed by atoms with Crippen molar-refractivity contribution in [1.82, 2.24) is 4.90 Å². The first-order valence-electron chi connectivity index (χ1n) is 7.73. The predicted molar refractivity (Wildman–Crippen MR) is 82.1 cm³/mol. The lowest BCUT2D eigenvalue weighted by atomic mass is 10.1. The lowest BCUT2D eigenvalue weighted by Gasteiger charge is -2.28. The molecular weight excluding hydrogens is 262 g/mol. The molecule has 0 atom stereocenters. The van der Waals surface area contributed by atoms with Gasteiger partial charge >= 0.3 is 0 Å². The fourth-order valence-corrected chi connectivity index (χ4v) is 3.10. The van der Waals surface area contributed by atoms with Gasteiger partial charge in [-0.2, -0.15) is 0 Å². The van der Waals surface area contributed by atoms with Gasteiger partial charge in [-0.05, 0) is 37.0 Å². The number of benzene rings is 1. The highest BCUT2D eigenvalue weighted by Crippen LogP contribution is 2.25. The molecule has 1 heterocycles. The SMILES string of the molecule is O=C(c1ccco1)N(CCc1ccccc1)C1CCCC1. The van der Waals surface area contributed by atoms with Crippen LogP contribution in [0.4, 0.5) is 0 Å². The number of rotatable bonds is 5. The van der Waals surface area contributed by atoms with Crippen molar-refractivity contribution in [2.24, 2.45) is 0 Å². The van der Waals surface area contributed by atoms with Crippen molar-refractivity contribution in [3.8, 4) is 0 Å². The number of nitrogens with zero attached hydrogens (tertiary/aromatic N) is 1. The Morgan fingerprint density at radius 3 is 2.52 bits per heavy atom. The van der Waals surface area contributed by atoms with Crippen LogP contribution in [0.15, 0.2) is 53.1 Å². The Morgan fingerprint density at radius 2 is 1.86 bits per heavy atom. The topological polar surface area (TPSA) is 33.5 Å². The highest BCUT2D eigenvalue weighted by molar-refractivity contribution is 5.91. The van der Waals surface area contributed by atoms with Crippen molar-refractivity contribution < 1.29 is 9.21 Å². The molecule has 0 aliphatic heterocycles. The van der Waals surface area contributed by atoms with E-state index in [0.29, 0.717) is 11.8 Å². The summed E-state index contributed by atoms with van der Waals surface area (Å²) in [4.78, 5) is 14.7. The summed E-state index contributed by atoms with van der Waals surface area (Å²) in [5.41, 5.74) is 1.27. The van der Waals surface area contributed by atoms with Crippen molar-refractivity contribution >= 4 is 5.91 Å². The van der Waals surface area contributed by atoms with Crippen molar-refractivity contribution in [2.45, 2.75) is 38.1 Å². The maximum absolute atomic E-state index is 12.6. The number of hydrogen-bond acceptors (Lipinski definition) is 2. The van der Waals surface area contributed by atoms with Crippen LogP contribution >= 0.6 is 0 Å². The van der Waals surface area contributed by atoms with Crippen LogP contribution in [0.1, 0.15) is 41.8 Å². The molecule has 1 amide bonds. The average Bonchev–Trinajstić information content (AvgIpc) is 3.22. The van der Waals surface area contributed by atoms with Crippen LogP contribution < -0.4 is 0 Å². The van der Waals surface area contributed by atoms with Gasteiger partial charge < -0.3 is 9.32 Å². The first kappa shape index (κ1) is 13.9. The number of carbonyl (C=O) groups is 1. The highest BCUT2D eigenvalue weighted by Gasteiger charge is 2.28. The molecule has 1 aliphatic carbocycles. The minimum absolute atomic E-state index is 0.0304. The molecule has 21 heavy (non-hydrogen) atoms. The molecule has 3 nitrogen and oxygen atoms in total. The molecule has 2 aromatic rings. The van der Waals surface area contributed by atoms with Gasteiger partial charge in [0, 0.05) is 12.6 Å². The van der Waals surface area contributed by atoms with E-state index < -0.39 is 0 Å². The second-order valence-corrected chi connectivity index (χ2v) is 5.65. The maximum atomic E-state index is 12.6. The highest BCUT2D eigenvalue weighted by atomic mass is 16.3. The van der Waals surface area contributed by atoms with Crippen LogP contribution in [-0.2, 0) is 6.42 Å². The Labute approximate surface area is 125 Å². The van der Waals surface area contributed by atoms with Gasteiger partial charge in [0.15, 0.2) is 5.76 Å². The molecule has 1 aliphatic rings. The molecule has 110 valence electrons. The van der Waals surface area contributed by atoms with Gasteiger partial charge in [0.2, 0.25) is 0 Å². The van der Waals surface area contributed by atoms with Crippen LogP contribution in [0.3, 0.4) is 0 Å². The first-order chi connectivity index (χ1) is 10.3. The van der Waals surface area contributed by atoms with Crippen LogP contribution in [-0.4, -0.2) is 23.4 Å². The molecule has 3 heteroatoms. The summed E-state index contributed by atoms with van der Waals surface area (Å²) in [6, 6.07) is 14.2. The van der Waals surface area contributed by atoms with E-state index in [1.165, 1.54) is 18.4 Å². The minimum atomic E-state index is 0.0304. The zero-order valence-corrected chi connectivity index (χ0v) is 12.2. The van der Waals surface area contributed by atoms with Crippen molar-refractivity contribution in [1.29, 1.82) is 0 Å². The fraction of sp³-hybridized carbons (Fsp3) is 0.389. The van der Waals surface area contributed by atoms with E-state index >= 15 is 0 Å². The second kappa shape index (κ2) is 6.61. The number of carbonyl (C=O) groups excluding carboxylic acids is 1. The van der Waals surface area contributed by atoms with E-state index in [4.69, 9.17) is 4.42 Å². The van der Waals surface area contributed by atoms with Crippen LogP contribution in [0.25, 0.3) is 0 Å². The molecule has 3 rings (SSSR count). The van der Waals surface area contributed by atoms with Gasteiger partial charge in [0.25, 0.3) is 5.91 Å². The van der Waals surface area contributed by atoms with E-state index in [0.717, 1.165) is 25.8 Å². The molecule has 1 fully saturated rings. The summed E-state index contributed by atoms with van der Waals surface area (Å²) in [5, 5.41) is 0. The molecule has 0 radical (unpaired) electrons. The van der Waals surface area contributed by atoms with Gasteiger partial charge in [-0.25, -0.2) is 0 Å². The van der Waals surface area contributed by atoms with Crippen LogP contribution in [0.2, 0.25) is 0 Å². The quantitative estimate of drug-likeness (QED) is 0.833. The van der Waals surface area contributed by atoms with Crippen molar-refractivity contribution in [3.05, 3.63) is 60.1 Å². The lowest BCUT2D eigenvalue weighted by Crippen LogP contribution is -2.40. The average molecular weight is 283 g/mol. The third-order valence-electron chi connectivity index (χ3n) is 4.24. The summed E-state index contributed by atoms with van der Waals surface area (Å²) in [6.45, 7) is 0.758. The number of furan rings is 1. The smallest absolute Gasteiger partial charge is 0.289 e. The maximum Gasteiger partial charge on any atom is 0.289 e. The van der Waals surface area contributed by atoms with Crippen LogP contribution in [0.5, 0.6) is 0 Å². The molecule has 0 saturated heterocycles. The Bertz CT molecular complexity index is 556. The minimum Gasteiger partial charge on any atom is -0.459 e.